The van der Waals surface area contributed by atoms with E-state index in [-0.39, 0.29) is 17.2 Å². The summed E-state index contributed by atoms with van der Waals surface area (Å²) in [4.78, 5) is 25.6. The fourth-order valence-electron chi connectivity index (χ4n) is 3.36. The molecule has 1 saturated carbocycles. The number of carboxylic acid groups (broad SMARTS) is 1. The van der Waals surface area contributed by atoms with Crippen molar-refractivity contribution in [1.82, 2.24) is 10.2 Å². The van der Waals surface area contributed by atoms with Crippen LogP contribution in [0.3, 0.4) is 0 Å². The van der Waals surface area contributed by atoms with Crippen LogP contribution in [0, 0.1) is 0 Å². The number of rotatable bonds is 3. The van der Waals surface area contributed by atoms with Gasteiger partial charge >= 0.3 is 12.0 Å². The monoisotopic (exact) mass is 314 g/mol. The number of nitrogens with one attached hydrogen (secondary N) is 1. The van der Waals surface area contributed by atoms with Crippen LogP contribution in [-0.4, -0.2) is 51.1 Å². The van der Waals surface area contributed by atoms with Gasteiger partial charge in [-0.05, 0) is 26.7 Å². The molecule has 2 aliphatic rings. The van der Waals surface area contributed by atoms with Crippen LogP contribution in [0.15, 0.2) is 0 Å². The van der Waals surface area contributed by atoms with Crippen LogP contribution in [-0.2, 0) is 4.79 Å². The number of carbonyl (C=O) groups is 2. The van der Waals surface area contributed by atoms with Crippen molar-refractivity contribution in [3.05, 3.63) is 0 Å². The molecule has 2 amide bonds. The average molecular weight is 314 g/mol. The van der Waals surface area contributed by atoms with Crippen LogP contribution in [0.2, 0.25) is 0 Å². The summed E-state index contributed by atoms with van der Waals surface area (Å²) in [6.45, 7) is 5.74. The van der Waals surface area contributed by atoms with Crippen LogP contribution < -0.4 is 5.32 Å². The van der Waals surface area contributed by atoms with E-state index in [1.165, 1.54) is 0 Å². The SMILES string of the molecule is CC1(C)CN(C(=O)NC2(CC(=O)O)CCCCC2)CCS1. The molecule has 21 heavy (non-hydrogen) atoms. The quantitative estimate of drug-likeness (QED) is 0.840. The lowest BCUT2D eigenvalue weighted by Gasteiger charge is -2.42. The topological polar surface area (TPSA) is 69.6 Å². The molecule has 1 aliphatic heterocycles. The molecule has 0 atom stereocenters. The molecule has 120 valence electrons. The molecule has 2 N–H and O–H groups in total. The van der Waals surface area contributed by atoms with Gasteiger partial charge in [0.15, 0.2) is 0 Å². The van der Waals surface area contributed by atoms with E-state index in [1.54, 1.807) is 0 Å². The highest BCUT2D eigenvalue weighted by Crippen LogP contribution is 2.33. The van der Waals surface area contributed by atoms with Gasteiger partial charge in [0.05, 0.1) is 12.0 Å². The van der Waals surface area contributed by atoms with Crippen molar-refractivity contribution < 1.29 is 14.7 Å². The molecule has 1 heterocycles. The van der Waals surface area contributed by atoms with E-state index in [0.717, 1.165) is 44.4 Å². The number of urea groups is 1. The van der Waals surface area contributed by atoms with Gasteiger partial charge in [0, 0.05) is 23.6 Å². The predicted molar refractivity (Wildman–Crippen MR) is 84.7 cm³/mol. The largest absolute Gasteiger partial charge is 0.481 e. The summed E-state index contributed by atoms with van der Waals surface area (Å²) in [6, 6.07) is -0.0912. The van der Waals surface area contributed by atoms with Crippen molar-refractivity contribution in [2.75, 3.05) is 18.8 Å². The van der Waals surface area contributed by atoms with Crippen LogP contribution in [0.25, 0.3) is 0 Å². The van der Waals surface area contributed by atoms with Gasteiger partial charge in [0.25, 0.3) is 0 Å². The van der Waals surface area contributed by atoms with Crippen LogP contribution in [0.1, 0.15) is 52.4 Å². The van der Waals surface area contributed by atoms with Gasteiger partial charge in [-0.25, -0.2) is 4.79 Å². The maximum absolute atomic E-state index is 12.6. The standard InChI is InChI=1S/C15H26N2O3S/c1-14(2)11-17(8-9-21-14)13(20)16-15(10-12(18)19)6-4-3-5-7-15/h3-11H2,1-2H3,(H,16,20)(H,18,19). The molecule has 0 unspecified atom stereocenters. The van der Waals surface area contributed by atoms with Gasteiger partial charge in [-0.3, -0.25) is 4.79 Å². The van der Waals surface area contributed by atoms with Crippen molar-refractivity contribution in [3.63, 3.8) is 0 Å². The van der Waals surface area contributed by atoms with Gasteiger partial charge in [-0.15, -0.1) is 0 Å². The number of nitrogens with zero attached hydrogens (tertiary/aromatic N) is 1. The maximum atomic E-state index is 12.6. The van der Waals surface area contributed by atoms with Crippen LogP contribution >= 0.6 is 11.8 Å². The van der Waals surface area contributed by atoms with Gasteiger partial charge in [-0.2, -0.15) is 11.8 Å². The summed E-state index contributed by atoms with van der Waals surface area (Å²) in [5, 5.41) is 12.2. The number of hydrogen-bond acceptors (Lipinski definition) is 3. The fourth-order valence-corrected chi connectivity index (χ4v) is 4.47. The summed E-state index contributed by atoms with van der Waals surface area (Å²) in [6.07, 6.45) is 4.70. The van der Waals surface area contributed by atoms with E-state index in [1.807, 2.05) is 16.7 Å². The zero-order valence-electron chi connectivity index (χ0n) is 13.0. The summed E-state index contributed by atoms with van der Waals surface area (Å²) in [7, 11) is 0. The van der Waals surface area contributed by atoms with Crippen LogP contribution in [0.4, 0.5) is 4.79 Å². The lowest BCUT2D eigenvalue weighted by atomic mass is 9.79. The summed E-state index contributed by atoms with van der Waals surface area (Å²) in [5.41, 5.74) is -0.546. The first-order valence-corrected chi connectivity index (χ1v) is 8.73. The first-order valence-electron chi connectivity index (χ1n) is 7.75. The van der Waals surface area contributed by atoms with E-state index < -0.39 is 11.5 Å². The molecule has 6 heteroatoms. The number of hydrogen-bond donors (Lipinski definition) is 2. The summed E-state index contributed by atoms with van der Waals surface area (Å²) < 4.78 is 0.0715. The third-order valence-electron chi connectivity index (χ3n) is 4.39. The van der Waals surface area contributed by atoms with E-state index in [4.69, 9.17) is 5.11 Å². The fraction of sp³-hybridized carbons (Fsp3) is 0.867. The second kappa shape index (κ2) is 6.46. The Kier molecular flexibility index (Phi) is 5.07. The van der Waals surface area contributed by atoms with Gasteiger partial charge in [0.2, 0.25) is 0 Å². The van der Waals surface area contributed by atoms with E-state index >= 15 is 0 Å². The van der Waals surface area contributed by atoms with Crippen molar-refractivity contribution in [1.29, 1.82) is 0 Å². The zero-order chi connectivity index (χ0) is 15.5. The van der Waals surface area contributed by atoms with Crippen molar-refractivity contribution >= 4 is 23.8 Å². The number of amides is 2. The Morgan fingerprint density at radius 2 is 1.90 bits per heavy atom. The van der Waals surface area contributed by atoms with Crippen molar-refractivity contribution in [3.8, 4) is 0 Å². The second-order valence-corrected chi connectivity index (χ2v) is 8.67. The summed E-state index contributed by atoms with van der Waals surface area (Å²) >= 11 is 1.88. The minimum absolute atomic E-state index is 0.0325. The Hall–Kier alpha value is -0.910. The Balaban J connectivity index is 2.02. The third-order valence-corrected chi connectivity index (χ3v) is 5.68. The smallest absolute Gasteiger partial charge is 0.317 e. The molecular weight excluding hydrogens is 288 g/mol. The van der Waals surface area contributed by atoms with Gasteiger partial charge in [0.1, 0.15) is 0 Å². The lowest BCUT2D eigenvalue weighted by molar-refractivity contribution is -0.139. The molecule has 0 bridgehead atoms. The minimum atomic E-state index is -0.827. The Bertz CT molecular complexity index is 406. The van der Waals surface area contributed by atoms with E-state index in [9.17, 15) is 9.59 Å². The van der Waals surface area contributed by atoms with Crippen molar-refractivity contribution in [2.24, 2.45) is 0 Å². The molecule has 2 rings (SSSR count). The maximum Gasteiger partial charge on any atom is 0.317 e. The number of thioether (sulfide) groups is 1. The zero-order valence-corrected chi connectivity index (χ0v) is 13.8. The average Bonchev–Trinajstić information content (AvgIpc) is 2.37. The number of carbonyl (C=O) groups excluding carboxylic acids is 1. The molecule has 2 fully saturated rings. The molecule has 5 nitrogen and oxygen atoms in total. The molecule has 0 spiro atoms. The van der Waals surface area contributed by atoms with Gasteiger partial charge in [-0.1, -0.05) is 19.3 Å². The number of carboxylic acids is 1. The summed E-state index contributed by atoms with van der Waals surface area (Å²) in [5.74, 6) is 0.110. The molecule has 0 radical (unpaired) electrons. The Morgan fingerprint density at radius 1 is 1.24 bits per heavy atom. The first kappa shape index (κ1) is 16.5. The molecule has 1 saturated heterocycles. The molecule has 0 aromatic carbocycles. The van der Waals surface area contributed by atoms with E-state index in [2.05, 4.69) is 19.2 Å². The number of aliphatic carboxylic acids is 1. The normalized spacial score (nSPS) is 24.4. The minimum Gasteiger partial charge on any atom is -0.481 e. The second-order valence-electron chi connectivity index (χ2n) is 6.87. The van der Waals surface area contributed by atoms with Gasteiger partial charge < -0.3 is 15.3 Å². The Labute approximate surface area is 130 Å². The van der Waals surface area contributed by atoms with E-state index in [0.29, 0.717) is 6.54 Å². The van der Waals surface area contributed by atoms with Crippen molar-refractivity contribution in [2.45, 2.75) is 62.7 Å². The highest BCUT2D eigenvalue weighted by atomic mass is 32.2. The van der Waals surface area contributed by atoms with Crippen LogP contribution in [0.5, 0.6) is 0 Å². The molecule has 1 aliphatic carbocycles. The molecule has 0 aromatic heterocycles. The Morgan fingerprint density at radius 3 is 2.48 bits per heavy atom. The lowest BCUT2D eigenvalue weighted by Crippen LogP contribution is -2.58. The highest BCUT2D eigenvalue weighted by molar-refractivity contribution is 8.00. The third kappa shape index (κ3) is 4.53. The molecular formula is C15H26N2O3S. The highest BCUT2D eigenvalue weighted by Gasteiger charge is 2.38. The first-order chi connectivity index (χ1) is 9.82. The molecule has 0 aromatic rings. The predicted octanol–water partition coefficient (Wildman–Crippen LogP) is 2.70.